The van der Waals surface area contributed by atoms with Crippen LogP contribution in [-0.4, -0.2) is 29.7 Å². The molecule has 1 aromatic heterocycles. The number of nitrogens with zero attached hydrogens (tertiary/aromatic N) is 2. The summed E-state index contributed by atoms with van der Waals surface area (Å²) in [5.74, 6) is 0.996. The molecule has 1 aliphatic heterocycles. The van der Waals surface area contributed by atoms with E-state index in [4.69, 9.17) is 11.6 Å². The lowest BCUT2D eigenvalue weighted by atomic mass is 10.2. The normalized spacial score (nSPS) is 21.1. The summed E-state index contributed by atoms with van der Waals surface area (Å²) in [6, 6.07) is 0.208. The number of sulfone groups is 1. The standard InChI is InChI=1S/C10H15ClN2O2S/c1-8-9(6-11)7-13(12-8)10-2-4-16(14,15)5-3-10/h7,10H,2-6H2,1H3. The molecule has 0 saturated carbocycles. The van der Waals surface area contributed by atoms with Crippen molar-refractivity contribution in [3.8, 4) is 0 Å². The average molecular weight is 263 g/mol. The Morgan fingerprint density at radius 2 is 2.12 bits per heavy atom. The molecule has 1 saturated heterocycles. The Bertz CT molecular complexity index is 467. The number of hydrogen-bond donors (Lipinski definition) is 0. The van der Waals surface area contributed by atoms with Gasteiger partial charge in [-0.25, -0.2) is 8.42 Å². The molecule has 4 nitrogen and oxygen atoms in total. The van der Waals surface area contributed by atoms with Gasteiger partial charge in [-0.2, -0.15) is 5.10 Å². The van der Waals surface area contributed by atoms with Crippen molar-refractivity contribution in [3.05, 3.63) is 17.5 Å². The third-order valence-electron chi connectivity index (χ3n) is 3.06. The summed E-state index contributed by atoms with van der Waals surface area (Å²) in [6.07, 6.45) is 3.25. The van der Waals surface area contributed by atoms with Crippen LogP contribution in [0.1, 0.15) is 30.1 Å². The van der Waals surface area contributed by atoms with E-state index < -0.39 is 9.84 Å². The monoisotopic (exact) mass is 262 g/mol. The molecule has 1 aliphatic rings. The fourth-order valence-corrected chi connectivity index (χ4v) is 3.71. The van der Waals surface area contributed by atoms with E-state index in [1.807, 2.05) is 17.8 Å². The molecule has 0 aromatic carbocycles. The van der Waals surface area contributed by atoms with Crippen LogP contribution in [0.5, 0.6) is 0 Å². The Kier molecular flexibility index (Phi) is 3.26. The van der Waals surface area contributed by atoms with Gasteiger partial charge in [0.05, 0.1) is 29.1 Å². The molecule has 2 rings (SSSR count). The largest absolute Gasteiger partial charge is 0.269 e. The SMILES string of the molecule is Cc1nn(C2CCS(=O)(=O)CC2)cc1CCl. The van der Waals surface area contributed by atoms with Gasteiger partial charge in [0.15, 0.2) is 0 Å². The summed E-state index contributed by atoms with van der Waals surface area (Å²) in [4.78, 5) is 0. The number of rotatable bonds is 2. The first-order chi connectivity index (χ1) is 7.52. The molecule has 6 heteroatoms. The van der Waals surface area contributed by atoms with E-state index >= 15 is 0 Å². The van der Waals surface area contributed by atoms with Crippen LogP contribution >= 0.6 is 11.6 Å². The van der Waals surface area contributed by atoms with Crippen LogP contribution < -0.4 is 0 Å². The molecule has 0 unspecified atom stereocenters. The zero-order chi connectivity index (χ0) is 11.8. The second-order valence-corrected chi connectivity index (χ2v) is 6.81. The number of halogens is 1. The van der Waals surface area contributed by atoms with E-state index in [0.717, 1.165) is 11.3 Å². The number of aromatic nitrogens is 2. The van der Waals surface area contributed by atoms with Gasteiger partial charge in [-0.05, 0) is 19.8 Å². The molecule has 0 aliphatic carbocycles. The zero-order valence-corrected chi connectivity index (χ0v) is 10.8. The van der Waals surface area contributed by atoms with E-state index in [1.165, 1.54) is 0 Å². The van der Waals surface area contributed by atoms with Gasteiger partial charge in [-0.3, -0.25) is 4.68 Å². The van der Waals surface area contributed by atoms with E-state index in [-0.39, 0.29) is 17.5 Å². The van der Waals surface area contributed by atoms with Crippen molar-refractivity contribution in [2.75, 3.05) is 11.5 Å². The van der Waals surface area contributed by atoms with Gasteiger partial charge in [0, 0.05) is 11.8 Å². The number of aryl methyl sites for hydroxylation is 1. The Labute approximate surface area is 101 Å². The van der Waals surface area contributed by atoms with E-state index in [9.17, 15) is 8.42 Å². The summed E-state index contributed by atoms with van der Waals surface area (Å²) in [5.41, 5.74) is 1.96. The lowest BCUT2D eigenvalue weighted by Gasteiger charge is -2.22. The fourth-order valence-electron chi connectivity index (χ4n) is 1.98. The second kappa shape index (κ2) is 4.37. The highest BCUT2D eigenvalue weighted by Crippen LogP contribution is 2.24. The Morgan fingerprint density at radius 1 is 1.50 bits per heavy atom. The van der Waals surface area contributed by atoms with Gasteiger partial charge in [-0.15, -0.1) is 11.6 Å². The Morgan fingerprint density at radius 3 is 2.62 bits per heavy atom. The quantitative estimate of drug-likeness (QED) is 0.762. The molecule has 16 heavy (non-hydrogen) atoms. The third kappa shape index (κ3) is 2.40. The van der Waals surface area contributed by atoms with Gasteiger partial charge in [-0.1, -0.05) is 0 Å². The summed E-state index contributed by atoms with van der Waals surface area (Å²) < 4.78 is 24.5. The van der Waals surface area contributed by atoms with Crippen LogP contribution in [0.3, 0.4) is 0 Å². The molecular weight excluding hydrogens is 248 g/mol. The lowest BCUT2D eigenvalue weighted by molar-refractivity contribution is 0.412. The highest BCUT2D eigenvalue weighted by atomic mass is 35.5. The van der Waals surface area contributed by atoms with Gasteiger partial charge >= 0.3 is 0 Å². The summed E-state index contributed by atoms with van der Waals surface area (Å²) in [6.45, 7) is 1.92. The van der Waals surface area contributed by atoms with Crippen molar-refractivity contribution >= 4 is 21.4 Å². The first-order valence-corrected chi connectivity index (χ1v) is 7.68. The van der Waals surface area contributed by atoms with Crippen molar-refractivity contribution in [2.45, 2.75) is 31.7 Å². The van der Waals surface area contributed by atoms with Crippen molar-refractivity contribution in [2.24, 2.45) is 0 Å². The molecule has 1 aromatic rings. The van der Waals surface area contributed by atoms with Crippen LogP contribution in [0, 0.1) is 6.92 Å². The Balaban J connectivity index is 2.14. The van der Waals surface area contributed by atoms with Crippen LogP contribution in [-0.2, 0) is 15.7 Å². The maximum atomic E-state index is 11.3. The number of hydrogen-bond acceptors (Lipinski definition) is 3. The minimum absolute atomic E-state index is 0.208. The third-order valence-corrected chi connectivity index (χ3v) is 5.06. The molecule has 0 N–H and O–H groups in total. The minimum Gasteiger partial charge on any atom is -0.269 e. The van der Waals surface area contributed by atoms with Crippen LogP contribution in [0.15, 0.2) is 6.20 Å². The molecule has 0 radical (unpaired) electrons. The van der Waals surface area contributed by atoms with Gasteiger partial charge in [0.2, 0.25) is 0 Å². The highest BCUT2D eigenvalue weighted by molar-refractivity contribution is 7.91. The average Bonchev–Trinajstić information content (AvgIpc) is 2.59. The fraction of sp³-hybridized carbons (Fsp3) is 0.700. The second-order valence-electron chi connectivity index (χ2n) is 4.24. The lowest BCUT2D eigenvalue weighted by Crippen LogP contribution is -2.25. The van der Waals surface area contributed by atoms with E-state index in [0.29, 0.717) is 18.7 Å². The molecule has 0 spiro atoms. The Hall–Kier alpha value is -0.550. The summed E-state index contributed by atoms with van der Waals surface area (Å²) in [7, 11) is -2.80. The molecular formula is C10H15ClN2O2S. The zero-order valence-electron chi connectivity index (χ0n) is 9.19. The van der Waals surface area contributed by atoms with Gasteiger partial charge in [0.25, 0.3) is 0 Å². The smallest absolute Gasteiger partial charge is 0.150 e. The molecule has 0 amide bonds. The van der Waals surface area contributed by atoms with Crippen molar-refractivity contribution < 1.29 is 8.42 Å². The number of alkyl halides is 1. The molecule has 2 heterocycles. The van der Waals surface area contributed by atoms with Crippen LogP contribution in [0.25, 0.3) is 0 Å². The van der Waals surface area contributed by atoms with Crippen molar-refractivity contribution in [1.82, 2.24) is 9.78 Å². The molecule has 0 bridgehead atoms. The van der Waals surface area contributed by atoms with Gasteiger partial charge < -0.3 is 0 Å². The molecule has 0 atom stereocenters. The van der Waals surface area contributed by atoms with Gasteiger partial charge in [0.1, 0.15) is 9.84 Å². The summed E-state index contributed by atoms with van der Waals surface area (Å²) in [5, 5.41) is 4.39. The highest BCUT2D eigenvalue weighted by Gasteiger charge is 2.25. The first kappa shape index (κ1) is 11.9. The predicted octanol–water partition coefficient (Wildman–Crippen LogP) is 1.68. The van der Waals surface area contributed by atoms with E-state index in [1.54, 1.807) is 0 Å². The van der Waals surface area contributed by atoms with Crippen LogP contribution in [0.4, 0.5) is 0 Å². The maximum absolute atomic E-state index is 11.3. The molecule has 90 valence electrons. The molecule has 1 fully saturated rings. The predicted molar refractivity (Wildman–Crippen MR) is 63.4 cm³/mol. The minimum atomic E-state index is -2.80. The maximum Gasteiger partial charge on any atom is 0.150 e. The van der Waals surface area contributed by atoms with Crippen LogP contribution in [0.2, 0.25) is 0 Å². The topological polar surface area (TPSA) is 52.0 Å². The van der Waals surface area contributed by atoms with E-state index in [2.05, 4.69) is 5.10 Å². The van der Waals surface area contributed by atoms with Crippen molar-refractivity contribution in [1.29, 1.82) is 0 Å². The summed E-state index contributed by atoms with van der Waals surface area (Å²) >= 11 is 5.78. The first-order valence-electron chi connectivity index (χ1n) is 5.33. The van der Waals surface area contributed by atoms with Crippen molar-refractivity contribution in [3.63, 3.8) is 0 Å².